The van der Waals surface area contributed by atoms with E-state index in [9.17, 15) is 4.79 Å². The average molecular weight is 396 g/mol. The quantitative estimate of drug-likeness (QED) is 0.605. The van der Waals surface area contributed by atoms with Gasteiger partial charge in [-0.05, 0) is 48.0 Å². The van der Waals surface area contributed by atoms with Crippen LogP contribution in [0.2, 0.25) is 0 Å². The zero-order valence-electron chi connectivity index (χ0n) is 13.5. The number of para-hydroxylation sites is 1. The van der Waals surface area contributed by atoms with Crippen molar-refractivity contribution in [2.75, 3.05) is 10.6 Å². The Morgan fingerprint density at radius 2 is 1.48 bits per heavy atom. The summed E-state index contributed by atoms with van der Waals surface area (Å²) in [6.07, 6.45) is 0. The van der Waals surface area contributed by atoms with Crippen LogP contribution < -0.4 is 16.0 Å². The molecule has 0 saturated heterocycles. The van der Waals surface area contributed by atoms with E-state index in [1.807, 2.05) is 66.7 Å². The van der Waals surface area contributed by atoms with Gasteiger partial charge in [0.15, 0.2) is 0 Å². The number of hydrogen-bond donors (Lipinski definition) is 2. The number of nitrogens with one attached hydrogen (secondary N) is 1. The van der Waals surface area contributed by atoms with Crippen molar-refractivity contribution in [2.45, 2.75) is 6.54 Å². The summed E-state index contributed by atoms with van der Waals surface area (Å²) in [4.78, 5) is 14.5. The molecule has 3 aromatic carbocycles. The summed E-state index contributed by atoms with van der Waals surface area (Å²) in [5.74, 6) is 0. The Hall–Kier alpha value is -2.79. The van der Waals surface area contributed by atoms with Gasteiger partial charge in [-0.2, -0.15) is 0 Å². The second-order valence-corrected chi connectivity index (χ2v) is 6.37. The third kappa shape index (κ3) is 4.19. The maximum Gasteiger partial charge on any atom is 0.326 e. The van der Waals surface area contributed by atoms with Crippen LogP contribution in [0.15, 0.2) is 83.3 Å². The highest BCUT2D eigenvalue weighted by atomic mass is 79.9. The van der Waals surface area contributed by atoms with Gasteiger partial charge in [0, 0.05) is 16.7 Å². The summed E-state index contributed by atoms with van der Waals surface area (Å²) in [5, 5.41) is 2.98. The topological polar surface area (TPSA) is 58.4 Å². The number of halogens is 1. The van der Waals surface area contributed by atoms with Crippen molar-refractivity contribution in [2.24, 2.45) is 0 Å². The lowest BCUT2D eigenvalue weighted by molar-refractivity contribution is 0.248. The monoisotopic (exact) mass is 395 g/mol. The summed E-state index contributed by atoms with van der Waals surface area (Å²) < 4.78 is 0.967. The SMILES string of the molecule is Nc1ccc(N(C(=O)NCc2ccccc2Br)c2ccccc2)cc1. The highest BCUT2D eigenvalue weighted by Gasteiger charge is 2.17. The molecule has 0 atom stereocenters. The number of benzene rings is 3. The summed E-state index contributed by atoms with van der Waals surface area (Å²) in [6, 6.07) is 24.4. The zero-order valence-corrected chi connectivity index (χ0v) is 15.1. The third-order valence-electron chi connectivity index (χ3n) is 3.76. The van der Waals surface area contributed by atoms with Gasteiger partial charge in [0.25, 0.3) is 0 Å². The molecular formula is C20H18BrN3O. The minimum Gasteiger partial charge on any atom is -0.399 e. The summed E-state index contributed by atoms with van der Waals surface area (Å²) in [7, 11) is 0. The molecule has 0 bridgehead atoms. The number of carbonyl (C=O) groups is 1. The normalized spacial score (nSPS) is 10.3. The van der Waals surface area contributed by atoms with Gasteiger partial charge in [0.05, 0.1) is 11.4 Å². The van der Waals surface area contributed by atoms with Crippen LogP contribution in [0.1, 0.15) is 5.56 Å². The molecule has 25 heavy (non-hydrogen) atoms. The number of rotatable bonds is 4. The van der Waals surface area contributed by atoms with E-state index in [1.54, 1.807) is 17.0 Å². The summed E-state index contributed by atoms with van der Waals surface area (Å²) in [6.45, 7) is 0.429. The number of amides is 2. The number of anilines is 3. The number of nitrogens with zero attached hydrogens (tertiary/aromatic N) is 1. The van der Waals surface area contributed by atoms with Crippen molar-refractivity contribution in [3.63, 3.8) is 0 Å². The Bertz CT molecular complexity index is 850. The number of urea groups is 1. The first kappa shape index (κ1) is 17.0. The minimum absolute atomic E-state index is 0.202. The second-order valence-electron chi connectivity index (χ2n) is 5.51. The number of hydrogen-bond acceptors (Lipinski definition) is 2. The molecular weight excluding hydrogens is 378 g/mol. The second kappa shape index (κ2) is 7.85. The van der Waals surface area contributed by atoms with Gasteiger partial charge in [-0.3, -0.25) is 4.90 Å². The van der Waals surface area contributed by atoms with Gasteiger partial charge < -0.3 is 11.1 Å². The van der Waals surface area contributed by atoms with E-state index in [1.165, 1.54) is 0 Å². The van der Waals surface area contributed by atoms with E-state index in [-0.39, 0.29) is 6.03 Å². The standard InChI is InChI=1S/C20H18BrN3O/c21-19-9-5-4-6-15(19)14-23-20(25)24(17-7-2-1-3-8-17)18-12-10-16(22)11-13-18/h1-13H,14,22H2,(H,23,25). The molecule has 2 amide bonds. The van der Waals surface area contributed by atoms with Crippen LogP contribution in [0.25, 0.3) is 0 Å². The van der Waals surface area contributed by atoms with Crippen molar-refractivity contribution in [1.82, 2.24) is 5.32 Å². The molecule has 0 saturated carbocycles. The van der Waals surface area contributed by atoms with Gasteiger partial charge in [-0.15, -0.1) is 0 Å². The molecule has 126 valence electrons. The number of nitrogen functional groups attached to an aromatic ring is 1. The van der Waals surface area contributed by atoms with Crippen molar-refractivity contribution in [3.05, 3.63) is 88.9 Å². The van der Waals surface area contributed by atoms with E-state index >= 15 is 0 Å². The molecule has 3 rings (SSSR count). The molecule has 0 aliphatic rings. The third-order valence-corrected chi connectivity index (χ3v) is 4.53. The zero-order chi connectivity index (χ0) is 17.6. The molecule has 0 unspecified atom stereocenters. The van der Waals surface area contributed by atoms with Crippen LogP contribution in [0.3, 0.4) is 0 Å². The molecule has 0 spiro atoms. The molecule has 0 aliphatic heterocycles. The van der Waals surface area contributed by atoms with E-state index in [0.717, 1.165) is 21.4 Å². The first-order chi connectivity index (χ1) is 12.1. The number of carbonyl (C=O) groups excluding carboxylic acids is 1. The van der Waals surface area contributed by atoms with Crippen molar-refractivity contribution in [3.8, 4) is 0 Å². The van der Waals surface area contributed by atoms with Crippen LogP contribution in [0.4, 0.5) is 21.9 Å². The maximum absolute atomic E-state index is 12.9. The summed E-state index contributed by atoms with van der Waals surface area (Å²) in [5.41, 5.74) is 8.98. The largest absolute Gasteiger partial charge is 0.399 e. The smallest absolute Gasteiger partial charge is 0.326 e. The first-order valence-electron chi connectivity index (χ1n) is 7.87. The highest BCUT2D eigenvalue weighted by molar-refractivity contribution is 9.10. The average Bonchev–Trinajstić information content (AvgIpc) is 2.64. The van der Waals surface area contributed by atoms with E-state index in [4.69, 9.17) is 5.73 Å². The first-order valence-corrected chi connectivity index (χ1v) is 8.66. The Labute approximate surface area is 155 Å². The van der Waals surface area contributed by atoms with Gasteiger partial charge in [-0.25, -0.2) is 4.79 Å². The summed E-state index contributed by atoms with van der Waals surface area (Å²) >= 11 is 3.50. The molecule has 3 aromatic rings. The van der Waals surface area contributed by atoms with Crippen LogP contribution in [0, 0.1) is 0 Å². The maximum atomic E-state index is 12.9. The lowest BCUT2D eigenvalue weighted by Crippen LogP contribution is -2.36. The fourth-order valence-corrected chi connectivity index (χ4v) is 2.90. The molecule has 0 aromatic heterocycles. The highest BCUT2D eigenvalue weighted by Crippen LogP contribution is 2.26. The fraction of sp³-hybridized carbons (Fsp3) is 0.0500. The Morgan fingerprint density at radius 3 is 2.16 bits per heavy atom. The van der Waals surface area contributed by atoms with E-state index in [2.05, 4.69) is 21.2 Å². The predicted molar refractivity (Wildman–Crippen MR) is 106 cm³/mol. The van der Waals surface area contributed by atoms with Crippen LogP contribution >= 0.6 is 15.9 Å². The van der Waals surface area contributed by atoms with Gasteiger partial charge in [0.1, 0.15) is 0 Å². The lowest BCUT2D eigenvalue weighted by atomic mass is 10.2. The molecule has 3 N–H and O–H groups in total. The Kier molecular flexibility index (Phi) is 5.36. The van der Waals surface area contributed by atoms with Crippen LogP contribution in [0.5, 0.6) is 0 Å². The Balaban J connectivity index is 1.85. The molecule has 0 radical (unpaired) electrons. The fourth-order valence-electron chi connectivity index (χ4n) is 2.48. The van der Waals surface area contributed by atoms with Crippen molar-refractivity contribution in [1.29, 1.82) is 0 Å². The lowest BCUT2D eigenvalue weighted by Gasteiger charge is -2.23. The molecule has 5 heteroatoms. The Morgan fingerprint density at radius 1 is 0.880 bits per heavy atom. The van der Waals surface area contributed by atoms with Gasteiger partial charge in [-0.1, -0.05) is 52.3 Å². The number of nitrogens with two attached hydrogens (primary N) is 1. The molecule has 0 heterocycles. The minimum atomic E-state index is -0.202. The van der Waals surface area contributed by atoms with Crippen molar-refractivity contribution < 1.29 is 4.79 Å². The van der Waals surface area contributed by atoms with Crippen LogP contribution in [-0.4, -0.2) is 6.03 Å². The van der Waals surface area contributed by atoms with E-state index in [0.29, 0.717) is 12.2 Å². The molecule has 0 fully saturated rings. The van der Waals surface area contributed by atoms with Gasteiger partial charge in [0.2, 0.25) is 0 Å². The molecule has 0 aliphatic carbocycles. The van der Waals surface area contributed by atoms with Crippen LogP contribution in [-0.2, 0) is 6.54 Å². The van der Waals surface area contributed by atoms with Gasteiger partial charge >= 0.3 is 6.03 Å². The van der Waals surface area contributed by atoms with Crippen molar-refractivity contribution >= 4 is 39.0 Å². The predicted octanol–water partition coefficient (Wildman–Crippen LogP) is 5.08. The molecule has 4 nitrogen and oxygen atoms in total. The van der Waals surface area contributed by atoms with E-state index < -0.39 is 0 Å².